The zero-order chi connectivity index (χ0) is 28.9. The Labute approximate surface area is 236 Å². The summed E-state index contributed by atoms with van der Waals surface area (Å²) in [5.41, 5.74) is 3.45. The van der Waals surface area contributed by atoms with Gasteiger partial charge < -0.3 is 19.5 Å². The van der Waals surface area contributed by atoms with E-state index < -0.39 is 23.9 Å². The largest absolute Gasteiger partial charge is 0.496 e. The normalized spacial score (nSPS) is 13.1. The lowest BCUT2D eigenvalue weighted by Gasteiger charge is -2.13. The van der Waals surface area contributed by atoms with E-state index in [-0.39, 0.29) is 6.10 Å². The highest BCUT2D eigenvalue weighted by atomic mass is 19.1. The van der Waals surface area contributed by atoms with E-state index in [4.69, 9.17) is 14.2 Å². The van der Waals surface area contributed by atoms with Gasteiger partial charge >= 0.3 is 18.1 Å². The number of aromatic nitrogens is 1. The van der Waals surface area contributed by atoms with E-state index in [0.29, 0.717) is 34.6 Å². The van der Waals surface area contributed by atoms with Crippen molar-refractivity contribution in [3.63, 3.8) is 0 Å². The molecular formula is C31H30FN3O6. The number of benzene rings is 3. The fourth-order valence-electron chi connectivity index (χ4n) is 5.05. The van der Waals surface area contributed by atoms with Crippen LogP contribution < -0.4 is 15.4 Å². The van der Waals surface area contributed by atoms with Crippen LogP contribution in [-0.2, 0) is 15.9 Å². The number of methoxy groups -OCH3 is 2. The molecular weight excluding hydrogens is 529 g/mol. The zero-order valence-electron chi connectivity index (χ0n) is 22.7. The third kappa shape index (κ3) is 6.32. The minimum Gasteiger partial charge on any atom is -0.496 e. The van der Waals surface area contributed by atoms with Crippen LogP contribution in [0.5, 0.6) is 5.75 Å². The van der Waals surface area contributed by atoms with E-state index in [2.05, 4.69) is 10.6 Å². The fourth-order valence-corrected chi connectivity index (χ4v) is 5.05. The van der Waals surface area contributed by atoms with Crippen LogP contribution in [0.2, 0.25) is 0 Å². The van der Waals surface area contributed by atoms with Gasteiger partial charge in [-0.05, 0) is 91.4 Å². The number of nitrogens with zero attached hydrogens (tertiary/aromatic N) is 1. The van der Waals surface area contributed by atoms with E-state index >= 15 is 0 Å². The van der Waals surface area contributed by atoms with Gasteiger partial charge in [-0.25, -0.2) is 18.8 Å². The van der Waals surface area contributed by atoms with Crippen molar-refractivity contribution in [2.75, 3.05) is 24.9 Å². The number of halogens is 1. The number of rotatable bonds is 7. The highest BCUT2D eigenvalue weighted by molar-refractivity contribution is 6.01. The second-order valence-corrected chi connectivity index (χ2v) is 9.83. The summed E-state index contributed by atoms with van der Waals surface area (Å²) in [5.74, 6) is -0.404. The molecule has 1 aromatic heterocycles. The van der Waals surface area contributed by atoms with Crippen molar-refractivity contribution in [1.82, 2.24) is 4.57 Å². The quantitative estimate of drug-likeness (QED) is 0.243. The van der Waals surface area contributed by atoms with Gasteiger partial charge in [-0.2, -0.15) is 0 Å². The van der Waals surface area contributed by atoms with E-state index in [1.54, 1.807) is 42.6 Å². The monoisotopic (exact) mass is 559 g/mol. The molecule has 1 fully saturated rings. The standard InChI is InChI=1S/C31H30FN3O6/c1-39-28-16-20(29(36)40-2)8-7-19(28)15-21-18-35(30(37)33-23-11-9-22(32)10-12-23)27-14-13-24(17-26(21)27)34-31(38)41-25-5-3-4-6-25/h7-14,16-18,25H,3-6,15H2,1-2H3,(H,33,37)(H,34,38). The Hall–Kier alpha value is -4.86. The number of hydrogen-bond donors (Lipinski definition) is 2. The summed E-state index contributed by atoms with van der Waals surface area (Å²) in [4.78, 5) is 37.9. The lowest BCUT2D eigenvalue weighted by Crippen LogP contribution is -2.20. The summed E-state index contributed by atoms with van der Waals surface area (Å²) in [7, 11) is 2.82. The Morgan fingerprint density at radius 3 is 2.34 bits per heavy atom. The van der Waals surface area contributed by atoms with Crippen LogP contribution in [-0.4, -0.2) is 43.0 Å². The topological polar surface area (TPSA) is 108 Å². The molecule has 1 aliphatic carbocycles. The number of carbonyl (C=O) groups is 3. The van der Waals surface area contributed by atoms with Crippen LogP contribution >= 0.6 is 0 Å². The van der Waals surface area contributed by atoms with Gasteiger partial charge in [0.25, 0.3) is 0 Å². The molecule has 0 unspecified atom stereocenters. The molecule has 5 rings (SSSR count). The average Bonchev–Trinajstić information content (AvgIpc) is 3.61. The third-order valence-electron chi connectivity index (χ3n) is 7.11. The molecule has 2 N–H and O–H groups in total. The Balaban J connectivity index is 1.49. The van der Waals surface area contributed by atoms with Crippen LogP contribution in [0.15, 0.2) is 66.9 Å². The van der Waals surface area contributed by atoms with Gasteiger partial charge in [0, 0.05) is 29.4 Å². The smallest absolute Gasteiger partial charge is 0.411 e. The maximum absolute atomic E-state index is 13.4. The van der Waals surface area contributed by atoms with Crippen LogP contribution in [0.1, 0.15) is 47.2 Å². The van der Waals surface area contributed by atoms with Crippen molar-refractivity contribution >= 4 is 40.4 Å². The molecule has 1 heterocycles. The summed E-state index contributed by atoms with van der Waals surface area (Å²) >= 11 is 0. The predicted molar refractivity (Wildman–Crippen MR) is 152 cm³/mol. The molecule has 0 aliphatic heterocycles. The molecule has 212 valence electrons. The Morgan fingerprint density at radius 1 is 0.902 bits per heavy atom. The SMILES string of the molecule is COC(=O)c1ccc(Cc2cn(C(=O)Nc3ccc(F)cc3)c3ccc(NC(=O)OC4CCCC4)cc23)c(OC)c1. The Bertz CT molecular complexity index is 1590. The van der Waals surface area contributed by atoms with Crippen molar-refractivity contribution in [2.45, 2.75) is 38.2 Å². The molecule has 1 saturated carbocycles. The summed E-state index contributed by atoms with van der Waals surface area (Å²) < 4.78 is 30.7. The van der Waals surface area contributed by atoms with Crippen LogP contribution in [0.25, 0.3) is 10.9 Å². The number of nitrogens with one attached hydrogen (secondary N) is 2. The fraction of sp³-hybridized carbons (Fsp3) is 0.258. The number of esters is 1. The van der Waals surface area contributed by atoms with Crippen molar-refractivity contribution < 1.29 is 33.0 Å². The lowest BCUT2D eigenvalue weighted by atomic mass is 10.0. The number of amides is 2. The second-order valence-electron chi connectivity index (χ2n) is 9.83. The van der Waals surface area contributed by atoms with Gasteiger partial charge in [-0.15, -0.1) is 0 Å². The molecule has 0 atom stereocenters. The molecule has 10 heteroatoms. The van der Waals surface area contributed by atoms with E-state index in [0.717, 1.165) is 42.2 Å². The summed E-state index contributed by atoms with van der Waals surface area (Å²) in [5, 5.41) is 6.30. The molecule has 2 amide bonds. The number of anilines is 2. The van der Waals surface area contributed by atoms with Gasteiger partial charge in [-0.1, -0.05) is 6.07 Å². The van der Waals surface area contributed by atoms with Crippen molar-refractivity contribution in [3.05, 3.63) is 89.4 Å². The van der Waals surface area contributed by atoms with Crippen molar-refractivity contribution in [3.8, 4) is 5.75 Å². The molecule has 41 heavy (non-hydrogen) atoms. The number of ether oxygens (including phenoxy) is 3. The Morgan fingerprint density at radius 2 is 1.63 bits per heavy atom. The predicted octanol–water partition coefficient (Wildman–Crippen LogP) is 6.74. The van der Waals surface area contributed by atoms with Gasteiger partial charge in [0.2, 0.25) is 0 Å². The molecule has 0 spiro atoms. The maximum Gasteiger partial charge on any atom is 0.411 e. The van der Waals surface area contributed by atoms with Crippen LogP contribution in [0.4, 0.5) is 25.4 Å². The molecule has 9 nitrogen and oxygen atoms in total. The molecule has 3 aromatic carbocycles. The molecule has 0 bridgehead atoms. The molecule has 1 aliphatic rings. The first-order chi connectivity index (χ1) is 19.8. The van der Waals surface area contributed by atoms with Gasteiger partial charge in [0.15, 0.2) is 0 Å². The first-order valence-corrected chi connectivity index (χ1v) is 13.3. The highest BCUT2D eigenvalue weighted by Gasteiger charge is 2.21. The summed E-state index contributed by atoms with van der Waals surface area (Å²) in [6.07, 6.45) is 5.28. The Kier molecular flexibility index (Phi) is 8.19. The first-order valence-electron chi connectivity index (χ1n) is 13.3. The lowest BCUT2D eigenvalue weighted by molar-refractivity contribution is 0.0600. The molecule has 4 aromatic rings. The van der Waals surface area contributed by atoms with Gasteiger partial charge in [0.05, 0.1) is 25.3 Å². The van der Waals surface area contributed by atoms with E-state index in [9.17, 15) is 18.8 Å². The van der Waals surface area contributed by atoms with E-state index in [1.807, 2.05) is 0 Å². The average molecular weight is 560 g/mol. The minimum atomic E-state index is -0.522. The zero-order valence-corrected chi connectivity index (χ0v) is 22.7. The van der Waals surface area contributed by atoms with Crippen molar-refractivity contribution in [2.24, 2.45) is 0 Å². The second kappa shape index (κ2) is 12.1. The van der Waals surface area contributed by atoms with Gasteiger partial charge in [-0.3, -0.25) is 9.88 Å². The molecule has 0 radical (unpaired) electrons. The first kappa shape index (κ1) is 27.7. The molecule has 0 saturated heterocycles. The maximum atomic E-state index is 13.4. The van der Waals surface area contributed by atoms with Gasteiger partial charge in [0.1, 0.15) is 17.7 Å². The summed E-state index contributed by atoms with van der Waals surface area (Å²) in [6.45, 7) is 0. The van der Waals surface area contributed by atoms with Crippen molar-refractivity contribution in [1.29, 1.82) is 0 Å². The minimum absolute atomic E-state index is 0.0778. The van der Waals surface area contributed by atoms with E-state index in [1.165, 1.54) is 43.1 Å². The van der Waals surface area contributed by atoms with Crippen LogP contribution in [0, 0.1) is 5.82 Å². The third-order valence-corrected chi connectivity index (χ3v) is 7.11. The highest BCUT2D eigenvalue weighted by Crippen LogP contribution is 2.31. The number of fused-ring (bicyclic) bond motifs is 1. The summed E-state index contributed by atoms with van der Waals surface area (Å²) in [6, 6.07) is 15.3. The number of carbonyl (C=O) groups excluding carboxylic acids is 3. The number of hydrogen-bond acceptors (Lipinski definition) is 6. The van der Waals surface area contributed by atoms with Crippen LogP contribution in [0.3, 0.4) is 0 Å².